The van der Waals surface area contributed by atoms with E-state index in [4.69, 9.17) is 0 Å². The second-order valence-corrected chi connectivity index (χ2v) is 0.755. The number of hydrogen-bond acceptors (Lipinski definition) is 3. The summed E-state index contributed by atoms with van der Waals surface area (Å²) in [7, 11) is 0. The molecule has 1 heterocycles. The Morgan fingerprint density at radius 2 is 2.80 bits per heavy atom. The highest BCUT2D eigenvalue weighted by Gasteiger charge is 1.91. The summed E-state index contributed by atoms with van der Waals surface area (Å²) in [5.41, 5.74) is 2.49. The average Bonchev–Trinajstić information content (AvgIpc) is 1.76. The normalized spacial score (nSPS) is 24.0. The Labute approximate surface area is 30.3 Å². The quantitative estimate of drug-likeness (QED) is 0.393. The molecule has 1 aliphatic rings. The lowest BCUT2D eigenvalue weighted by atomic mass is 11.1. The summed E-state index contributed by atoms with van der Waals surface area (Å²) in [6.07, 6.45) is 0. The van der Waals surface area contributed by atoms with Crippen molar-refractivity contribution >= 4 is 0 Å². The molecule has 1 rings (SSSR count). The Balaban J connectivity index is 2.08. The molecule has 0 saturated carbocycles. The van der Waals surface area contributed by atoms with Crippen LogP contribution in [0, 0.1) is 6.67 Å². The van der Waals surface area contributed by atoms with Crippen LogP contribution in [0.1, 0.15) is 0 Å². The Kier molecular flexibility index (Phi) is 0.834. The van der Waals surface area contributed by atoms with Gasteiger partial charge in [-0.05, 0) is 0 Å². The highest BCUT2D eigenvalue weighted by atomic mass is 16.7. The van der Waals surface area contributed by atoms with Crippen molar-refractivity contribution in [1.29, 1.82) is 0 Å². The summed E-state index contributed by atoms with van der Waals surface area (Å²) in [6.45, 7) is 2.22. The molecule has 3 nitrogen and oxygen atoms in total. The Bertz CT molecular complexity index is 19.2. The Morgan fingerprint density at radius 3 is 3.00 bits per heavy atom. The van der Waals surface area contributed by atoms with E-state index in [1.54, 1.807) is 6.67 Å². The summed E-state index contributed by atoms with van der Waals surface area (Å²) >= 11 is 0. The van der Waals surface area contributed by atoms with Crippen molar-refractivity contribution in [2.75, 3.05) is 6.73 Å². The van der Waals surface area contributed by atoms with E-state index in [9.17, 15) is 0 Å². The SMILES string of the molecule is [CH]1NCON1. The first kappa shape index (κ1) is 3.08. The zero-order valence-corrected chi connectivity index (χ0v) is 2.69. The second kappa shape index (κ2) is 1.35. The summed E-state index contributed by atoms with van der Waals surface area (Å²) in [5.74, 6) is 0. The van der Waals surface area contributed by atoms with Gasteiger partial charge in [-0.1, -0.05) is 0 Å². The van der Waals surface area contributed by atoms with Crippen LogP contribution in [0.15, 0.2) is 0 Å². The fraction of sp³-hybridized carbons (Fsp3) is 0.500. The van der Waals surface area contributed by atoms with Gasteiger partial charge in [0.2, 0.25) is 0 Å². The molecule has 2 N–H and O–H groups in total. The second-order valence-electron chi connectivity index (χ2n) is 0.755. The van der Waals surface area contributed by atoms with Gasteiger partial charge in [-0.3, -0.25) is 10.2 Å². The summed E-state index contributed by atoms with van der Waals surface area (Å²) in [4.78, 5) is 4.53. The maximum absolute atomic E-state index is 4.53. The maximum atomic E-state index is 4.53. The van der Waals surface area contributed by atoms with Crippen LogP contribution in [0.2, 0.25) is 0 Å². The summed E-state index contributed by atoms with van der Waals surface area (Å²) in [5, 5.41) is 2.76. The minimum absolute atomic E-state index is 0.583. The van der Waals surface area contributed by atoms with Crippen molar-refractivity contribution < 1.29 is 4.84 Å². The van der Waals surface area contributed by atoms with Gasteiger partial charge in [0, 0.05) is 0 Å². The highest BCUT2D eigenvalue weighted by molar-refractivity contribution is 4.50. The van der Waals surface area contributed by atoms with Crippen LogP contribution in [-0.2, 0) is 4.84 Å². The van der Waals surface area contributed by atoms with E-state index in [2.05, 4.69) is 15.6 Å². The van der Waals surface area contributed by atoms with Crippen LogP contribution < -0.4 is 10.8 Å². The molecule has 1 fully saturated rings. The molecule has 0 spiro atoms. The first-order valence-corrected chi connectivity index (χ1v) is 1.42. The van der Waals surface area contributed by atoms with E-state index in [1.807, 2.05) is 0 Å². The van der Waals surface area contributed by atoms with E-state index in [0.29, 0.717) is 6.73 Å². The van der Waals surface area contributed by atoms with Gasteiger partial charge in [0.25, 0.3) is 0 Å². The van der Waals surface area contributed by atoms with Gasteiger partial charge >= 0.3 is 0 Å². The molecule has 0 aliphatic carbocycles. The number of rotatable bonds is 0. The third-order valence-corrected chi connectivity index (χ3v) is 0.400. The first-order chi connectivity index (χ1) is 2.50. The molecule has 0 amide bonds. The minimum Gasteiger partial charge on any atom is -0.285 e. The molecular weight excluding hydrogens is 68.0 g/mol. The summed E-state index contributed by atoms with van der Waals surface area (Å²) in [6, 6.07) is 0. The molecule has 1 radical (unpaired) electrons. The molecule has 3 heteroatoms. The zero-order valence-electron chi connectivity index (χ0n) is 2.69. The van der Waals surface area contributed by atoms with E-state index in [1.165, 1.54) is 0 Å². The third-order valence-electron chi connectivity index (χ3n) is 0.400. The molecule has 0 aromatic carbocycles. The van der Waals surface area contributed by atoms with Crippen molar-refractivity contribution in [2.24, 2.45) is 0 Å². The molecule has 0 unspecified atom stereocenters. The molecule has 5 heavy (non-hydrogen) atoms. The van der Waals surface area contributed by atoms with Crippen LogP contribution in [0.5, 0.6) is 0 Å². The predicted molar refractivity (Wildman–Crippen MR) is 16.5 cm³/mol. The zero-order chi connectivity index (χ0) is 3.54. The van der Waals surface area contributed by atoms with E-state index < -0.39 is 0 Å². The van der Waals surface area contributed by atoms with E-state index in [0.717, 1.165) is 0 Å². The van der Waals surface area contributed by atoms with Crippen molar-refractivity contribution in [3.63, 3.8) is 0 Å². The Morgan fingerprint density at radius 1 is 1.80 bits per heavy atom. The number of nitrogens with one attached hydrogen (secondary N) is 2. The maximum Gasteiger partial charge on any atom is 0.120 e. The van der Waals surface area contributed by atoms with Gasteiger partial charge in [-0.25, -0.2) is 0 Å². The van der Waals surface area contributed by atoms with E-state index >= 15 is 0 Å². The molecule has 1 aliphatic heterocycles. The van der Waals surface area contributed by atoms with Gasteiger partial charge in [0.05, 0.1) is 0 Å². The van der Waals surface area contributed by atoms with Crippen molar-refractivity contribution in [2.45, 2.75) is 0 Å². The fourth-order valence-corrected chi connectivity index (χ4v) is 0.208. The van der Waals surface area contributed by atoms with Crippen LogP contribution in [0.3, 0.4) is 0 Å². The average molecular weight is 73.1 g/mol. The minimum atomic E-state index is 0.583. The highest BCUT2D eigenvalue weighted by Crippen LogP contribution is 1.71. The largest absolute Gasteiger partial charge is 0.285 e. The molecular formula is C2H5N2O. The molecule has 29 valence electrons. The van der Waals surface area contributed by atoms with Crippen LogP contribution in [-0.4, -0.2) is 6.73 Å². The van der Waals surface area contributed by atoms with Gasteiger partial charge in [-0.2, -0.15) is 5.48 Å². The molecule has 0 aromatic rings. The lowest BCUT2D eigenvalue weighted by molar-refractivity contribution is 0.107. The van der Waals surface area contributed by atoms with Gasteiger partial charge < -0.3 is 0 Å². The van der Waals surface area contributed by atoms with Gasteiger partial charge in [0.15, 0.2) is 0 Å². The molecule has 0 aromatic heterocycles. The van der Waals surface area contributed by atoms with Crippen molar-refractivity contribution in [3.8, 4) is 0 Å². The van der Waals surface area contributed by atoms with Crippen molar-refractivity contribution in [3.05, 3.63) is 6.67 Å². The van der Waals surface area contributed by atoms with Crippen LogP contribution in [0.25, 0.3) is 0 Å². The van der Waals surface area contributed by atoms with Crippen molar-refractivity contribution in [1.82, 2.24) is 10.8 Å². The predicted octanol–water partition coefficient (Wildman–Crippen LogP) is -0.812. The van der Waals surface area contributed by atoms with Gasteiger partial charge in [0.1, 0.15) is 13.4 Å². The lowest BCUT2D eigenvalue weighted by Crippen LogP contribution is -2.01. The number of hydrogen-bond donors (Lipinski definition) is 2. The van der Waals surface area contributed by atoms with Crippen LogP contribution in [0.4, 0.5) is 0 Å². The molecule has 0 atom stereocenters. The smallest absolute Gasteiger partial charge is 0.120 e. The fourth-order valence-electron chi connectivity index (χ4n) is 0.208. The molecule has 1 saturated heterocycles. The van der Waals surface area contributed by atoms with Crippen LogP contribution >= 0.6 is 0 Å². The first-order valence-electron chi connectivity index (χ1n) is 1.42. The van der Waals surface area contributed by atoms with E-state index in [-0.39, 0.29) is 0 Å². The summed E-state index contributed by atoms with van der Waals surface area (Å²) < 4.78 is 0. The number of hydroxylamine groups is 1. The Hall–Kier alpha value is -0.120. The topological polar surface area (TPSA) is 33.3 Å². The lowest BCUT2D eigenvalue weighted by Gasteiger charge is -1.77. The monoisotopic (exact) mass is 73.0 g/mol. The standard InChI is InChI=1S/C2H5N2O/c1-3-2-5-4-1/h1,3-4H,2H2. The van der Waals surface area contributed by atoms with Gasteiger partial charge in [-0.15, -0.1) is 0 Å². The molecule has 0 bridgehead atoms. The third kappa shape index (κ3) is 0.576.